The maximum atomic E-state index is 12.5. The predicted octanol–water partition coefficient (Wildman–Crippen LogP) is 2.45. The van der Waals surface area contributed by atoms with Crippen LogP contribution in [-0.4, -0.2) is 37.8 Å². The van der Waals surface area contributed by atoms with Crippen LogP contribution in [0.4, 0.5) is 0 Å². The zero-order valence-corrected chi connectivity index (χ0v) is 15.2. The molecule has 5 atom stereocenters. The van der Waals surface area contributed by atoms with Crippen LogP contribution in [0.5, 0.6) is 0 Å². The smallest absolute Gasteiger partial charge is 0.259 e. The van der Waals surface area contributed by atoms with E-state index in [4.69, 9.17) is 4.28 Å². The minimum absolute atomic E-state index is 0.153. The summed E-state index contributed by atoms with van der Waals surface area (Å²) in [6, 6.07) is 0. The summed E-state index contributed by atoms with van der Waals surface area (Å²) in [5, 5.41) is 1.47. The Morgan fingerprint density at radius 1 is 1.08 bits per heavy atom. The summed E-state index contributed by atoms with van der Waals surface area (Å²) in [7, 11) is 0. The van der Waals surface area contributed by atoms with Crippen molar-refractivity contribution >= 4 is 34.7 Å². The van der Waals surface area contributed by atoms with Gasteiger partial charge in [0, 0.05) is 11.0 Å². The van der Waals surface area contributed by atoms with E-state index in [2.05, 4.69) is 0 Å². The van der Waals surface area contributed by atoms with Gasteiger partial charge in [-0.25, -0.2) is 4.21 Å². The molecular formula is C17H23NO4S2. The fraction of sp³-hybridized carbons (Fsp3) is 0.765. The highest BCUT2D eigenvalue weighted by Crippen LogP contribution is 2.52. The molecule has 2 amide bonds. The number of carbonyl (C=O) groups excluding carboxylic acids is 2. The van der Waals surface area contributed by atoms with Crippen LogP contribution in [-0.2, 0) is 25.0 Å². The zero-order chi connectivity index (χ0) is 16.7. The average Bonchev–Trinajstić information content (AvgIpc) is 3.26. The van der Waals surface area contributed by atoms with Crippen molar-refractivity contribution in [1.82, 2.24) is 5.06 Å². The largest absolute Gasteiger partial charge is 0.272 e. The highest BCUT2D eigenvalue weighted by Gasteiger charge is 2.60. The first-order valence-corrected chi connectivity index (χ1v) is 11.2. The number of thioether (sulfide) groups is 1. The third-order valence-corrected chi connectivity index (χ3v) is 8.24. The van der Waals surface area contributed by atoms with Gasteiger partial charge >= 0.3 is 0 Å². The molecule has 0 N–H and O–H groups in total. The lowest BCUT2D eigenvalue weighted by atomic mass is 9.85. The van der Waals surface area contributed by atoms with E-state index in [-0.39, 0.29) is 35.5 Å². The number of hydrogen-bond acceptors (Lipinski definition) is 5. The van der Waals surface area contributed by atoms with E-state index in [0.29, 0.717) is 11.0 Å². The molecule has 5 nitrogen and oxygen atoms in total. The first-order chi connectivity index (χ1) is 11.6. The van der Waals surface area contributed by atoms with E-state index in [1.807, 2.05) is 23.9 Å². The molecule has 3 aliphatic carbocycles. The van der Waals surface area contributed by atoms with Gasteiger partial charge in [-0.3, -0.25) is 9.59 Å². The Morgan fingerprint density at radius 3 is 2.33 bits per heavy atom. The van der Waals surface area contributed by atoms with Crippen molar-refractivity contribution in [3.8, 4) is 0 Å². The third-order valence-electron chi connectivity index (χ3n) is 5.74. The summed E-state index contributed by atoms with van der Waals surface area (Å²) in [5.74, 6) is 0.236. The number of carbonyl (C=O) groups is 2. The minimum atomic E-state index is -1.62. The van der Waals surface area contributed by atoms with Crippen molar-refractivity contribution in [3.63, 3.8) is 0 Å². The predicted molar refractivity (Wildman–Crippen MR) is 93.0 cm³/mol. The Kier molecular flexibility index (Phi) is 4.84. The summed E-state index contributed by atoms with van der Waals surface area (Å²) in [4.78, 5) is 24.9. The highest BCUT2D eigenvalue weighted by molar-refractivity contribution is 8.00. The lowest BCUT2D eigenvalue weighted by Gasteiger charge is -2.21. The van der Waals surface area contributed by atoms with Crippen LogP contribution in [0.3, 0.4) is 0 Å². The Bertz CT molecular complexity index is 557. The number of fused-ring (bicyclic) bond motifs is 5. The lowest BCUT2D eigenvalue weighted by Crippen LogP contribution is -2.34. The molecule has 24 heavy (non-hydrogen) atoms. The van der Waals surface area contributed by atoms with Crippen LogP contribution in [0.1, 0.15) is 38.5 Å². The average molecular weight is 370 g/mol. The first kappa shape index (κ1) is 16.8. The van der Waals surface area contributed by atoms with Crippen molar-refractivity contribution < 1.29 is 18.1 Å². The molecule has 4 aliphatic rings. The van der Waals surface area contributed by atoms with Gasteiger partial charge in [-0.1, -0.05) is 31.4 Å². The summed E-state index contributed by atoms with van der Waals surface area (Å²) in [5.41, 5.74) is 0. The van der Waals surface area contributed by atoms with Gasteiger partial charge in [-0.2, -0.15) is 16.0 Å². The topological polar surface area (TPSA) is 63.7 Å². The molecule has 0 spiro atoms. The van der Waals surface area contributed by atoms with Crippen LogP contribution in [0.25, 0.3) is 0 Å². The summed E-state index contributed by atoms with van der Waals surface area (Å²) < 4.78 is 17.4. The van der Waals surface area contributed by atoms with E-state index in [9.17, 15) is 13.8 Å². The minimum Gasteiger partial charge on any atom is -0.272 e. The summed E-state index contributed by atoms with van der Waals surface area (Å²) in [6.45, 7) is 0. The van der Waals surface area contributed by atoms with Gasteiger partial charge < -0.3 is 0 Å². The third kappa shape index (κ3) is 2.99. The zero-order valence-electron chi connectivity index (χ0n) is 13.6. The number of nitrogens with zero attached hydrogens (tertiary/aromatic N) is 1. The standard InChI is InChI=1S/C17H23NO4S2/c19-16-14-11-6-7-12(10-11)15(14)17(20)18(16)22-24(21)9-8-23-13-4-2-1-3-5-13/h6-7,11-15H,1-5,8-10H2. The number of hydroxylamine groups is 2. The Balaban J connectivity index is 1.27. The van der Waals surface area contributed by atoms with Crippen LogP contribution in [0.2, 0.25) is 0 Å². The molecular weight excluding hydrogens is 346 g/mol. The van der Waals surface area contributed by atoms with E-state index in [1.165, 1.54) is 32.1 Å². The van der Waals surface area contributed by atoms with Gasteiger partial charge in [0.05, 0.1) is 17.6 Å². The number of amides is 2. The molecule has 1 heterocycles. The number of imide groups is 1. The summed E-state index contributed by atoms with van der Waals surface area (Å²) in [6.07, 6.45) is 11.3. The SMILES string of the molecule is O=C1C2C3C=CC(C3)C2C(=O)N1OS(=O)CCSC1CCCCC1. The van der Waals surface area contributed by atoms with Gasteiger partial charge in [0.15, 0.2) is 11.1 Å². The second kappa shape index (κ2) is 6.92. The van der Waals surface area contributed by atoms with E-state index < -0.39 is 11.1 Å². The Hall–Kier alpha value is -0.660. The molecule has 0 radical (unpaired) electrons. The van der Waals surface area contributed by atoms with E-state index in [1.54, 1.807) is 0 Å². The van der Waals surface area contributed by atoms with E-state index in [0.717, 1.165) is 17.2 Å². The molecule has 5 unspecified atom stereocenters. The maximum Gasteiger partial charge on any atom is 0.259 e. The van der Waals surface area contributed by atoms with Crippen LogP contribution in [0.15, 0.2) is 12.2 Å². The molecule has 0 aromatic carbocycles. The Morgan fingerprint density at radius 2 is 1.71 bits per heavy atom. The van der Waals surface area contributed by atoms with Crippen molar-refractivity contribution in [3.05, 3.63) is 12.2 Å². The normalized spacial score (nSPS) is 36.6. The number of rotatable bonds is 6. The fourth-order valence-corrected chi connectivity index (χ4v) is 6.90. The molecule has 132 valence electrons. The lowest BCUT2D eigenvalue weighted by molar-refractivity contribution is -0.165. The van der Waals surface area contributed by atoms with Gasteiger partial charge in [-0.05, 0) is 31.1 Å². The van der Waals surface area contributed by atoms with Crippen LogP contribution in [0, 0.1) is 23.7 Å². The molecule has 7 heteroatoms. The maximum absolute atomic E-state index is 12.5. The molecule has 1 saturated heterocycles. The van der Waals surface area contributed by atoms with Crippen molar-refractivity contribution in [1.29, 1.82) is 0 Å². The first-order valence-electron chi connectivity index (χ1n) is 8.89. The van der Waals surface area contributed by atoms with Gasteiger partial charge in [0.25, 0.3) is 11.8 Å². The van der Waals surface area contributed by atoms with Crippen LogP contribution >= 0.6 is 11.8 Å². The second-order valence-corrected chi connectivity index (χ2v) is 9.76. The van der Waals surface area contributed by atoms with Gasteiger partial charge in [0.1, 0.15) is 0 Å². The fourth-order valence-electron chi connectivity index (χ4n) is 4.58. The molecule has 0 aromatic heterocycles. The molecule has 2 saturated carbocycles. The van der Waals surface area contributed by atoms with Gasteiger partial charge in [-0.15, -0.1) is 5.06 Å². The second-order valence-electron chi connectivity index (χ2n) is 7.18. The molecule has 2 bridgehead atoms. The molecule has 1 aliphatic heterocycles. The Labute approximate surface area is 149 Å². The monoisotopic (exact) mass is 369 g/mol. The molecule has 3 fully saturated rings. The molecule has 0 aromatic rings. The van der Waals surface area contributed by atoms with Crippen molar-refractivity contribution in [2.75, 3.05) is 11.5 Å². The summed E-state index contributed by atoms with van der Waals surface area (Å²) >= 11 is 0.219. The molecule has 4 rings (SSSR count). The van der Waals surface area contributed by atoms with Crippen LogP contribution < -0.4 is 0 Å². The quantitative estimate of drug-likeness (QED) is 0.532. The number of hydrogen-bond donors (Lipinski definition) is 0. The van der Waals surface area contributed by atoms with E-state index >= 15 is 0 Å². The number of allylic oxidation sites excluding steroid dienone is 2. The van der Waals surface area contributed by atoms with Crippen molar-refractivity contribution in [2.24, 2.45) is 23.7 Å². The highest BCUT2D eigenvalue weighted by atomic mass is 32.2. The van der Waals surface area contributed by atoms with Gasteiger partial charge in [0.2, 0.25) is 0 Å². The van der Waals surface area contributed by atoms with Crippen molar-refractivity contribution in [2.45, 2.75) is 43.8 Å².